The lowest BCUT2D eigenvalue weighted by Crippen LogP contribution is -2.26. The standard InChI is InChI=1S/C12H17FN2/c13-11-7-9(4-5-10(11)8-14)12-3-1-2-6-15-12/h4-5,7,12,15H,1-3,6,8,14H2. The molecule has 3 N–H and O–H groups in total. The average molecular weight is 208 g/mol. The molecule has 0 radical (unpaired) electrons. The second-order valence-electron chi connectivity index (χ2n) is 4.06. The fourth-order valence-corrected chi connectivity index (χ4v) is 2.08. The zero-order chi connectivity index (χ0) is 10.7. The molecule has 1 aromatic carbocycles. The van der Waals surface area contributed by atoms with E-state index in [1.54, 1.807) is 12.1 Å². The average Bonchev–Trinajstić information content (AvgIpc) is 2.30. The Labute approximate surface area is 89.7 Å². The molecule has 1 aromatic rings. The van der Waals surface area contributed by atoms with Gasteiger partial charge in [0.1, 0.15) is 5.82 Å². The van der Waals surface area contributed by atoms with Crippen LogP contribution in [0.15, 0.2) is 18.2 Å². The van der Waals surface area contributed by atoms with E-state index in [1.165, 1.54) is 12.8 Å². The molecular weight excluding hydrogens is 191 g/mol. The summed E-state index contributed by atoms with van der Waals surface area (Å²) in [5, 5.41) is 3.40. The molecule has 0 spiro atoms. The van der Waals surface area contributed by atoms with E-state index in [4.69, 9.17) is 5.73 Å². The SMILES string of the molecule is NCc1ccc(C2CCCCN2)cc1F. The predicted molar refractivity (Wildman–Crippen MR) is 58.9 cm³/mol. The monoisotopic (exact) mass is 208 g/mol. The topological polar surface area (TPSA) is 38.0 Å². The molecule has 0 bridgehead atoms. The van der Waals surface area contributed by atoms with Crippen LogP contribution in [-0.2, 0) is 6.54 Å². The van der Waals surface area contributed by atoms with Crippen LogP contribution in [-0.4, -0.2) is 6.54 Å². The summed E-state index contributed by atoms with van der Waals surface area (Å²) in [6.45, 7) is 1.30. The van der Waals surface area contributed by atoms with Gasteiger partial charge in [-0.2, -0.15) is 0 Å². The first-order chi connectivity index (χ1) is 7.31. The summed E-state index contributed by atoms with van der Waals surface area (Å²) in [6, 6.07) is 5.71. The maximum Gasteiger partial charge on any atom is 0.128 e. The number of halogens is 1. The molecule has 0 aromatic heterocycles. The molecule has 1 saturated heterocycles. The smallest absolute Gasteiger partial charge is 0.128 e. The Balaban J connectivity index is 2.17. The van der Waals surface area contributed by atoms with Crippen LogP contribution in [0, 0.1) is 5.82 Å². The van der Waals surface area contributed by atoms with Crippen molar-refractivity contribution in [3.63, 3.8) is 0 Å². The van der Waals surface area contributed by atoms with E-state index in [-0.39, 0.29) is 12.4 Å². The van der Waals surface area contributed by atoms with Crippen LogP contribution in [0.1, 0.15) is 36.4 Å². The fourth-order valence-electron chi connectivity index (χ4n) is 2.08. The Morgan fingerprint density at radius 2 is 2.27 bits per heavy atom. The zero-order valence-corrected chi connectivity index (χ0v) is 8.80. The van der Waals surface area contributed by atoms with E-state index in [0.29, 0.717) is 11.6 Å². The number of hydrogen-bond acceptors (Lipinski definition) is 2. The third-order valence-corrected chi connectivity index (χ3v) is 3.01. The van der Waals surface area contributed by atoms with E-state index in [2.05, 4.69) is 5.32 Å². The lowest BCUT2D eigenvalue weighted by atomic mass is 9.96. The molecule has 1 aliphatic heterocycles. The van der Waals surface area contributed by atoms with Gasteiger partial charge in [0.15, 0.2) is 0 Å². The first-order valence-corrected chi connectivity index (χ1v) is 5.53. The Kier molecular flexibility index (Phi) is 3.34. The summed E-state index contributed by atoms with van der Waals surface area (Å²) in [6.07, 6.45) is 3.54. The van der Waals surface area contributed by atoms with Crippen molar-refractivity contribution in [1.29, 1.82) is 0 Å². The van der Waals surface area contributed by atoms with E-state index in [9.17, 15) is 4.39 Å². The lowest BCUT2D eigenvalue weighted by molar-refractivity contribution is 0.410. The number of hydrogen-bond donors (Lipinski definition) is 2. The highest BCUT2D eigenvalue weighted by Crippen LogP contribution is 2.24. The highest BCUT2D eigenvalue weighted by Gasteiger charge is 2.15. The highest BCUT2D eigenvalue weighted by molar-refractivity contribution is 5.26. The molecule has 3 heteroatoms. The first kappa shape index (κ1) is 10.6. The second kappa shape index (κ2) is 4.73. The minimum absolute atomic E-state index is 0.178. The summed E-state index contributed by atoms with van der Waals surface area (Å²) < 4.78 is 13.5. The van der Waals surface area contributed by atoms with E-state index in [0.717, 1.165) is 18.5 Å². The lowest BCUT2D eigenvalue weighted by Gasteiger charge is -2.24. The number of benzene rings is 1. The van der Waals surface area contributed by atoms with Crippen molar-refractivity contribution in [3.8, 4) is 0 Å². The predicted octanol–water partition coefficient (Wildman–Crippen LogP) is 2.10. The van der Waals surface area contributed by atoms with Crippen molar-refractivity contribution < 1.29 is 4.39 Å². The van der Waals surface area contributed by atoms with Gasteiger partial charge in [0.2, 0.25) is 0 Å². The number of nitrogens with two attached hydrogens (primary N) is 1. The van der Waals surface area contributed by atoms with Crippen LogP contribution in [0.2, 0.25) is 0 Å². The minimum Gasteiger partial charge on any atom is -0.326 e. The fraction of sp³-hybridized carbons (Fsp3) is 0.500. The molecule has 15 heavy (non-hydrogen) atoms. The summed E-state index contributed by atoms with van der Waals surface area (Å²) in [5.74, 6) is -0.178. The molecule has 1 fully saturated rings. The van der Waals surface area contributed by atoms with Gasteiger partial charge in [0, 0.05) is 18.2 Å². The van der Waals surface area contributed by atoms with Gasteiger partial charge in [0.05, 0.1) is 0 Å². The molecule has 82 valence electrons. The quantitative estimate of drug-likeness (QED) is 0.781. The highest BCUT2D eigenvalue weighted by atomic mass is 19.1. The Morgan fingerprint density at radius 1 is 1.40 bits per heavy atom. The van der Waals surface area contributed by atoms with Crippen molar-refractivity contribution >= 4 is 0 Å². The van der Waals surface area contributed by atoms with Gasteiger partial charge in [-0.25, -0.2) is 4.39 Å². The van der Waals surface area contributed by atoms with Gasteiger partial charge in [0.25, 0.3) is 0 Å². The van der Waals surface area contributed by atoms with Crippen LogP contribution >= 0.6 is 0 Å². The van der Waals surface area contributed by atoms with Gasteiger partial charge in [-0.15, -0.1) is 0 Å². The molecule has 1 heterocycles. The van der Waals surface area contributed by atoms with E-state index >= 15 is 0 Å². The van der Waals surface area contributed by atoms with Crippen molar-refractivity contribution in [2.24, 2.45) is 5.73 Å². The number of nitrogens with one attached hydrogen (secondary N) is 1. The van der Waals surface area contributed by atoms with Crippen LogP contribution in [0.5, 0.6) is 0 Å². The maximum atomic E-state index is 13.5. The molecule has 0 aliphatic carbocycles. The van der Waals surface area contributed by atoms with Gasteiger partial charge in [-0.05, 0) is 31.0 Å². The summed E-state index contributed by atoms with van der Waals surface area (Å²) in [7, 11) is 0. The Morgan fingerprint density at radius 3 is 2.87 bits per heavy atom. The largest absolute Gasteiger partial charge is 0.326 e. The molecule has 0 saturated carbocycles. The summed E-state index contributed by atoms with van der Waals surface area (Å²) in [5.41, 5.74) is 7.06. The summed E-state index contributed by atoms with van der Waals surface area (Å²) in [4.78, 5) is 0. The molecule has 1 unspecified atom stereocenters. The van der Waals surface area contributed by atoms with Crippen molar-refractivity contribution in [3.05, 3.63) is 35.1 Å². The molecule has 2 nitrogen and oxygen atoms in total. The second-order valence-corrected chi connectivity index (χ2v) is 4.06. The van der Waals surface area contributed by atoms with Crippen LogP contribution in [0.3, 0.4) is 0 Å². The molecular formula is C12H17FN2. The molecule has 0 amide bonds. The van der Waals surface area contributed by atoms with Crippen LogP contribution < -0.4 is 11.1 Å². The molecule has 1 aliphatic rings. The van der Waals surface area contributed by atoms with Crippen molar-refractivity contribution in [2.45, 2.75) is 31.8 Å². The van der Waals surface area contributed by atoms with E-state index < -0.39 is 0 Å². The van der Waals surface area contributed by atoms with E-state index in [1.807, 2.05) is 6.07 Å². The van der Waals surface area contributed by atoms with Crippen LogP contribution in [0.4, 0.5) is 4.39 Å². The summed E-state index contributed by atoms with van der Waals surface area (Å²) >= 11 is 0. The van der Waals surface area contributed by atoms with Crippen LogP contribution in [0.25, 0.3) is 0 Å². The number of rotatable bonds is 2. The van der Waals surface area contributed by atoms with Crippen molar-refractivity contribution in [2.75, 3.05) is 6.54 Å². The van der Waals surface area contributed by atoms with Gasteiger partial charge < -0.3 is 11.1 Å². The maximum absolute atomic E-state index is 13.5. The van der Waals surface area contributed by atoms with Gasteiger partial charge in [-0.3, -0.25) is 0 Å². The zero-order valence-electron chi connectivity index (χ0n) is 8.80. The van der Waals surface area contributed by atoms with Gasteiger partial charge in [-0.1, -0.05) is 18.6 Å². The normalized spacial score (nSPS) is 21.6. The Hall–Kier alpha value is -0.930. The third-order valence-electron chi connectivity index (χ3n) is 3.01. The first-order valence-electron chi connectivity index (χ1n) is 5.53. The third kappa shape index (κ3) is 2.36. The molecule has 2 rings (SSSR count). The van der Waals surface area contributed by atoms with Crippen molar-refractivity contribution in [1.82, 2.24) is 5.32 Å². The minimum atomic E-state index is -0.178. The number of piperidine rings is 1. The molecule has 1 atom stereocenters. The van der Waals surface area contributed by atoms with Gasteiger partial charge >= 0.3 is 0 Å². The Bertz CT molecular complexity index is 332.